The first-order chi connectivity index (χ1) is 14.0. The molecule has 154 valence electrons. The second-order valence-electron chi connectivity index (χ2n) is 7.82. The van der Waals surface area contributed by atoms with Gasteiger partial charge >= 0.3 is 0 Å². The summed E-state index contributed by atoms with van der Waals surface area (Å²) in [6, 6.07) is 17.2. The highest BCUT2D eigenvalue weighted by Crippen LogP contribution is 2.20. The highest BCUT2D eigenvalue weighted by Gasteiger charge is 2.26. The van der Waals surface area contributed by atoms with E-state index in [9.17, 15) is 9.59 Å². The molecule has 29 heavy (non-hydrogen) atoms. The predicted octanol–water partition coefficient (Wildman–Crippen LogP) is 3.95. The van der Waals surface area contributed by atoms with E-state index in [4.69, 9.17) is 4.74 Å². The van der Waals surface area contributed by atoms with Gasteiger partial charge in [0.05, 0.1) is 0 Å². The van der Waals surface area contributed by atoms with E-state index < -0.39 is 6.10 Å². The molecule has 0 saturated carbocycles. The third-order valence-electron chi connectivity index (χ3n) is 5.32. The molecule has 0 aromatic heterocycles. The first-order valence-electron chi connectivity index (χ1n) is 10.4. The molecule has 1 aliphatic heterocycles. The van der Waals surface area contributed by atoms with Gasteiger partial charge in [0, 0.05) is 31.7 Å². The number of ether oxygens (including phenoxy) is 1. The molecule has 2 aromatic carbocycles. The van der Waals surface area contributed by atoms with Crippen molar-refractivity contribution >= 4 is 11.8 Å². The van der Waals surface area contributed by atoms with Crippen molar-refractivity contribution in [1.29, 1.82) is 0 Å². The molecular weight excluding hydrogens is 364 g/mol. The molecule has 0 spiro atoms. The van der Waals surface area contributed by atoms with Crippen LogP contribution in [0.25, 0.3) is 0 Å². The molecule has 1 saturated heterocycles. The minimum absolute atomic E-state index is 0.0226. The quantitative estimate of drug-likeness (QED) is 0.771. The number of nitrogens with zero attached hydrogens (tertiary/aromatic N) is 2. The van der Waals surface area contributed by atoms with E-state index in [0.717, 1.165) is 6.42 Å². The van der Waals surface area contributed by atoms with E-state index in [1.165, 1.54) is 5.56 Å². The average molecular weight is 395 g/mol. The summed E-state index contributed by atoms with van der Waals surface area (Å²) in [5.74, 6) is 1.15. The highest BCUT2D eigenvalue weighted by molar-refractivity contribution is 5.94. The lowest BCUT2D eigenvalue weighted by Crippen LogP contribution is -2.43. The van der Waals surface area contributed by atoms with Crippen LogP contribution in [-0.4, -0.2) is 53.9 Å². The summed E-state index contributed by atoms with van der Waals surface area (Å²) in [5, 5.41) is 0. The Balaban J connectivity index is 1.56. The summed E-state index contributed by atoms with van der Waals surface area (Å²) < 4.78 is 5.88. The SMILES string of the molecule is CC(Oc1ccc(C(C)C)cc1)C(=O)N1CCCN(C(=O)c2ccccc2)CC1. The fourth-order valence-electron chi connectivity index (χ4n) is 3.55. The molecule has 1 aliphatic rings. The maximum atomic E-state index is 12.9. The van der Waals surface area contributed by atoms with Crippen LogP contribution in [0.15, 0.2) is 54.6 Å². The van der Waals surface area contributed by atoms with Crippen LogP contribution in [0, 0.1) is 0 Å². The third kappa shape index (κ3) is 5.37. The molecule has 2 amide bonds. The van der Waals surface area contributed by atoms with E-state index in [2.05, 4.69) is 13.8 Å². The van der Waals surface area contributed by atoms with Crippen molar-refractivity contribution in [2.75, 3.05) is 26.2 Å². The number of rotatable bonds is 5. The maximum absolute atomic E-state index is 12.9. The molecule has 1 unspecified atom stereocenters. The van der Waals surface area contributed by atoms with Gasteiger partial charge in [0.2, 0.25) is 0 Å². The number of amides is 2. The molecule has 2 aromatic rings. The minimum Gasteiger partial charge on any atom is -0.481 e. The fraction of sp³-hybridized carbons (Fsp3) is 0.417. The molecule has 5 nitrogen and oxygen atoms in total. The second kappa shape index (κ2) is 9.59. The summed E-state index contributed by atoms with van der Waals surface area (Å²) in [6.45, 7) is 8.43. The molecule has 0 radical (unpaired) electrons. The van der Waals surface area contributed by atoms with Gasteiger partial charge in [-0.15, -0.1) is 0 Å². The van der Waals surface area contributed by atoms with Crippen LogP contribution in [0.2, 0.25) is 0 Å². The van der Waals surface area contributed by atoms with Crippen molar-refractivity contribution in [3.05, 3.63) is 65.7 Å². The molecule has 0 aliphatic carbocycles. The van der Waals surface area contributed by atoms with Gasteiger partial charge in [0.1, 0.15) is 5.75 Å². The summed E-state index contributed by atoms with van der Waals surface area (Å²) >= 11 is 0. The summed E-state index contributed by atoms with van der Waals surface area (Å²) in [7, 11) is 0. The van der Waals surface area contributed by atoms with Gasteiger partial charge in [0.15, 0.2) is 6.10 Å². The standard InChI is InChI=1S/C24H30N2O3/c1-18(2)20-10-12-22(13-11-20)29-19(3)23(27)25-14-7-15-26(17-16-25)24(28)21-8-5-4-6-9-21/h4-6,8-13,18-19H,7,14-17H2,1-3H3. The van der Waals surface area contributed by atoms with Gasteiger partial charge in [-0.2, -0.15) is 0 Å². The van der Waals surface area contributed by atoms with Crippen molar-refractivity contribution in [3.63, 3.8) is 0 Å². The Bertz CT molecular complexity index is 818. The Hall–Kier alpha value is -2.82. The van der Waals surface area contributed by atoms with E-state index >= 15 is 0 Å². The molecule has 0 bridgehead atoms. The normalized spacial score (nSPS) is 15.7. The molecular formula is C24H30N2O3. The summed E-state index contributed by atoms with van der Waals surface area (Å²) in [4.78, 5) is 29.2. The van der Waals surface area contributed by atoms with Gasteiger partial charge in [-0.1, -0.05) is 44.2 Å². The first kappa shape index (κ1) is 20.9. The fourth-order valence-corrected chi connectivity index (χ4v) is 3.55. The Kier molecular flexibility index (Phi) is 6.91. The summed E-state index contributed by atoms with van der Waals surface area (Å²) in [6.07, 6.45) is 0.205. The van der Waals surface area contributed by atoms with Crippen LogP contribution in [0.5, 0.6) is 5.75 Å². The smallest absolute Gasteiger partial charge is 0.263 e. The molecule has 3 rings (SSSR count). The topological polar surface area (TPSA) is 49.9 Å². The minimum atomic E-state index is -0.559. The average Bonchev–Trinajstić information content (AvgIpc) is 3.00. The van der Waals surface area contributed by atoms with Crippen molar-refractivity contribution in [1.82, 2.24) is 9.80 Å². The Morgan fingerprint density at radius 3 is 2.10 bits per heavy atom. The number of hydrogen-bond acceptors (Lipinski definition) is 3. The van der Waals surface area contributed by atoms with Crippen LogP contribution in [0.3, 0.4) is 0 Å². The van der Waals surface area contributed by atoms with E-state index in [1.807, 2.05) is 64.4 Å². The van der Waals surface area contributed by atoms with Crippen molar-refractivity contribution in [2.45, 2.75) is 39.2 Å². The van der Waals surface area contributed by atoms with Crippen LogP contribution >= 0.6 is 0 Å². The largest absolute Gasteiger partial charge is 0.481 e. The van der Waals surface area contributed by atoms with E-state index in [1.54, 1.807) is 6.92 Å². The molecule has 5 heteroatoms. The van der Waals surface area contributed by atoms with Crippen LogP contribution in [-0.2, 0) is 4.79 Å². The zero-order valence-electron chi connectivity index (χ0n) is 17.5. The zero-order valence-corrected chi connectivity index (χ0v) is 17.5. The Labute approximate surface area is 173 Å². The van der Waals surface area contributed by atoms with Crippen LogP contribution in [0.1, 0.15) is 49.0 Å². The zero-order chi connectivity index (χ0) is 20.8. The van der Waals surface area contributed by atoms with Crippen molar-refractivity contribution < 1.29 is 14.3 Å². The van der Waals surface area contributed by atoms with Gasteiger partial charge < -0.3 is 14.5 Å². The van der Waals surface area contributed by atoms with Crippen LogP contribution in [0.4, 0.5) is 0 Å². The van der Waals surface area contributed by atoms with Gasteiger partial charge in [-0.05, 0) is 49.1 Å². The molecule has 1 heterocycles. The maximum Gasteiger partial charge on any atom is 0.263 e. The third-order valence-corrected chi connectivity index (χ3v) is 5.32. The lowest BCUT2D eigenvalue weighted by atomic mass is 10.0. The number of hydrogen-bond donors (Lipinski definition) is 0. The predicted molar refractivity (Wildman–Crippen MR) is 114 cm³/mol. The number of carbonyl (C=O) groups excluding carboxylic acids is 2. The summed E-state index contributed by atoms with van der Waals surface area (Å²) in [5.41, 5.74) is 1.93. The Morgan fingerprint density at radius 1 is 0.828 bits per heavy atom. The van der Waals surface area contributed by atoms with E-state index in [-0.39, 0.29) is 11.8 Å². The molecule has 0 N–H and O–H groups in total. The first-order valence-corrected chi connectivity index (χ1v) is 10.4. The lowest BCUT2D eigenvalue weighted by molar-refractivity contribution is -0.137. The monoisotopic (exact) mass is 394 g/mol. The van der Waals surface area contributed by atoms with Crippen LogP contribution < -0.4 is 4.74 Å². The second-order valence-corrected chi connectivity index (χ2v) is 7.82. The number of carbonyl (C=O) groups is 2. The number of benzene rings is 2. The Morgan fingerprint density at radius 2 is 1.45 bits per heavy atom. The molecule has 1 fully saturated rings. The highest BCUT2D eigenvalue weighted by atomic mass is 16.5. The van der Waals surface area contributed by atoms with Gasteiger partial charge in [-0.3, -0.25) is 9.59 Å². The van der Waals surface area contributed by atoms with Gasteiger partial charge in [0.25, 0.3) is 11.8 Å². The molecule has 1 atom stereocenters. The van der Waals surface area contributed by atoms with Gasteiger partial charge in [-0.25, -0.2) is 0 Å². The van der Waals surface area contributed by atoms with E-state index in [0.29, 0.717) is 43.4 Å². The lowest BCUT2D eigenvalue weighted by Gasteiger charge is -2.25. The van der Waals surface area contributed by atoms with Crippen molar-refractivity contribution in [3.8, 4) is 5.75 Å². The van der Waals surface area contributed by atoms with Crippen molar-refractivity contribution in [2.24, 2.45) is 0 Å².